The van der Waals surface area contributed by atoms with Crippen LogP contribution in [0.4, 0.5) is 0 Å². The summed E-state index contributed by atoms with van der Waals surface area (Å²) < 4.78 is 34.2. The van der Waals surface area contributed by atoms with Crippen LogP contribution in [0.25, 0.3) is 10.2 Å². The molecule has 0 aliphatic carbocycles. The Morgan fingerprint density at radius 2 is 2.03 bits per heavy atom. The largest absolute Gasteiger partial charge is 0.468 e. The number of aromatic nitrogens is 1. The normalized spacial score (nSPS) is 16.6. The quantitative estimate of drug-likeness (QED) is 0.455. The van der Waals surface area contributed by atoms with Crippen LogP contribution in [-0.2, 0) is 16.6 Å². The number of fused-ring (bicyclic) bond motifs is 1. The molecule has 5 rings (SSSR count). The van der Waals surface area contributed by atoms with Gasteiger partial charge in [-0.2, -0.15) is 0 Å². The highest BCUT2D eigenvalue weighted by molar-refractivity contribution is 7.89. The summed E-state index contributed by atoms with van der Waals surface area (Å²) in [6.45, 7) is 0.659. The van der Waals surface area contributed by atoms with Gasteiger partial charge >= 0.3 is 0 Å². The molecule has 1 atom stereocenters. The average Bonchev–Trinajstić information content (AvgIpc) is 3.57. The summed E-state index contributed by atoms with van der Waals surface area (Å²) in [5.74, 6) is 0.325. The minimum absolute atomic E-state index is 0.0410. The lowest BCUT2D eigenvalue weighted by Gasteiger charge is -2.23. The number of carbonyl (C=O) groups excluding carboxylic acids is 1. The van der Waals surface area contributed by atoms with E-state index in [1.807, 2.05) is 24.3 Å². The maximum atomic E-state index is 13.3. The van der Waals surface area contributed by atoms with E-state index < -0.39 is 10.0 Å². The maximum Gasteiger partial charge on any atom is 0.254 e. The topological polar surface area (TPSA) is 92.5 Å². The molecule has 0 radical (unpaired) electrons. The number of hydrogen-bond donors (Lipinski definition) is 1. The minimum atomic E-state index is -3.79. The molecule has 1 aliphatic heterocycles. The standard InChI is InChI=1S/C23H21N3O4S2/c27-23(26-12-4-10-20(26)22-25-19-9-1-2-11-21(19)31-22)16-6-3-8-18(14-16)32(28,29)24-15-17-7-5-13-30-17/h1-3,5-9,11,13-14,20,24H,4,10,12,15H2/t20-/m0/s1. The van der Waals surface area contributed by atoms with Crippen molar-refractivity contribution in [3.63, 3.8) is 0 Å². The molecular formula is C23H21N3O4S2. The Kier molecular flexibility index (Phi) is 5.54. The van der Waals surface area contributed by atoms with E-state index >= 15 is 0 Å². The molecule has 0 saturated carbocycles. The summed E-state index contributed by atoms with van der Waals surface area (Å²) in [5, 5.41) is 0.918. The maximum absolute atomic E-state index is 13.3. The first-order valence-electron chi connectivity index (χ1n) is 10.3. The molecule has 1 fully saturated rings. The van der Waals surface area contributed by atoms with Crippen LogP contribution in [0.2, 0.25) is 0 Å². The summed E-state index contributed by atoms with van der Waals surface area (Å²) in [6.07, 6.45) is 3.21. The summed E-state index contributed by atoms with van der Waals surface area (Å²) in [4.78, 5) is 19.9. The van der Waals surface area contributed by atoms with Gasteiger partial charge < -0.3 is 9.32 Å². The molecule has 4 aromatic rings. The highest BCUT2D eigenvalue weighted by atomic mass is 32.2. The number of furan rings is 1. The van der Waals surface area contributed by atoms with Crippen molar-refractivity contribution in [3.8, 4) is 0 Å². The summed E-state index contributed by atoms with van der Waals surface area (Å²) >= 11 is 1.60. The first-order chi connectivity index (χ1) is 15.5. The number of amides is 1. The number of nitrogens with one attached hydrogen (secondary N) is 1. The fourth-order valence-corrected chi connectivity index (χ4v) is 6.08. The predicted molar refractivity (Wildman–Crippen MR) is 122 cm³/mol. The number of sulfonamides is 1. The number of para-hydroxylation sites is 1. The Labute approximate surface area is 189 Å². The van der Waals surface area contributed by atoms with Gasteiger partial charge in [-0.1, -0.05) is 18.2 Å². The van der Waals surface area contributed by atoms with Gasteiger partial charge in [-0.05, 0) is 55.3 Å². The van der Waals surface area contributed by atoms with E-state index in [0.29, 0.717) is 17.9 Å². The fourth-order valence-electron chi connectivity index (χ4n) is 3.92. The smallest absolute Gasteiger partial charge is 0.254 e. The van der Waals surface area contributed by atoms with Crippen LogP contribution in [0.15, 0.2) is 76.2 Å². The second-order valence-corrected chi connectivity index (χ2v) is 10.4. The number of rotatable bonds is 6. The van der Waals surface area contributed by atoms with Gasteiger partial charge in [-0.15, -0.1) is 11.3 Å². The van der Waals surface area contributed by atoms with Crippen LogP contribution in [0.5, 0.6) is 0 Å². The number of likely N-dealkylation sites (tertiary alicyclic amines) is 1. The monoisotopic (exact) mass is 467 g/mol. The molecule has 1 aliphatic rings. The molecule has 164 valence electrons. The van der Waals surface area contributed by atoms with Gasteiger partial charge in [0.05, 0.1) is 34.0 Å². The van der Waals surface area contributed by atoms with Crippen molar-refractivity contribution in [2.75, 3.05) is 6.54 Å². The van der Waals surface area contributed by atoms with E-state index in [9.17, 15) is 13.2 Å². The van der Waals surface area contributed by atoms with Gasteiger partial charge in [-0.3, -0.25) is 4.79 Å². The molecular weight excluding hydrogens is 446 g/mol. The summed E-state index contributed by atoms with van der Waals surface area (Å²) in [5.41, 5.74) is 1.28. The third kappa shape index (κ3) is 4.06. The molecule has 1 amide bonds. The second kappa shape index (κ2) is 8.50. The average molecular weight is 468 g/mol. The van der Waals surface area contributed by atoms with E-state index in [-0.39, 0.29) is 23.4 Å². The molecule has 1 N–H and O–H groups in total. The Bertz CT molecular complexity index is 1330. The van der Waals surface area contributed by atoms with Gasteiger partial charge in [0.25, 0.3) is 5.91 Å². The van der Waals surface area contributed by atoms with Crippen LogP contribution >= 0.6 is 11.3 Å². The second-order valence-electron chi connectivity index (χ2n) is 7.61. The summed E-state index contributed by atoms with van der Waals surface area (Å²) in [6, 6.07) is 17.4. The fraction of sp³-hybridized carbons (Fsp3) is 0.217. The van der Waals surface area contributed by atoms with Crippen LogP contribution in [0.3, 0.4) is 0 Å². The van der Waals surface area contributed by atoms with Crippen molar-refractivity contribution in [2.24, 2.45) is 0 Å². The highest BCUT2D eigenvalue weighted by Crippen LogP contribution is 2.37. The van der Waals surface area contributed by atoms with Crippen LogP contribution in [0.1, 0.15) is 40.0 Å². The van der Waals surface area contributed by atoms with E-state index in [0.717, 1.165) is 28.1 Å². The van der Waals surface area contributed by atoms with Crippen molar-refractivity contribution >= 4 is 37.5 Å². The lowest BCUT2D eigenvalue weighted by molar-refractivity contribution is 0.0735. The van der Waals surface area contributed by atoms with Crippen molar-refractivity contribution in [2.45, 2.75) is 30.3 Å². The first kappa shape index (κ1) is 20.9. The number of benzene rings is 2. The van der Waals surface area contributed by atoms with Crippen molar-refractivity contribution < 1.29 is 17.6 Å². The van der Waals surface area contributed by atoms with Crippen molar-refractivity contribution in [1.82, 2.24) is 14.6 Å². The third-order valence-corrected chi connectivity index (χ3v) is 8.05. The molecule has 0 spiro atoms. The molecule has 1 saturated heterocycles. The van der Waals surface area contributed by atoms with E-state index in [4.69, 9.17) is 9.40 Å². The molecule has 7 nitrogen and oxygen atoms in total. The Morgan fingerprint density at radius 1 is 1.16 bits per heavy atom. The van der Waals surface area contributed by atoms with Gasteiger partial charge in [0.2, 0.25) is 10.0 Å². The molecule has 2 aromatic carbocycles. The zero-order valence-electron chi connectivity index (χ0n) is 17.1. The minimum Gasteiger partial charge on any atom is -0.468 e. The number of nitrogens with zero attached hydrogens (tertiary/aromatic N) is 2. The zero-order chi connectivity index (χ0) is 22.1. The van der Waals surface area contributed by atoms with Gasteiger partial charge in [0.15, 0.2) is 0 Å². The number of hydrogen-bond acceptors (Lipinski definition) is 6. The van der Waals surface area contributed by atoms with Crippen molar-refractivity contribution in [3.05, 3.63) is 83.3 Å². The van der Waals surface area contributed by atoms with Gasteiger partial charge in [0, 0.05) is 12.1 Å². The van der Waals surface area contributed by atoms with E-state index in [1.165, 1.54) is 18.4 Å². The summed E-state index contributed by atoms with van der Waals surface area (Å²) in [7, 11) is -3.79. The molecule has 3 heterocycles. The zero-order valence-corrected chi connectivity index (χ0v) is 18.7. The van der Waals surface area contributed by atoms with Gasteiger partial charge in [-0.25, -0.2) is 18.1 Å². The molecule has 0 unspecified atom stereocenters. The third-order valence-electron chi connectivity index (χ3n) is 5.52. The van der Waals surface area contributed by atoms with Crippen LogP contribution in [0, 0.1) is 0 Å². The number of carbonyl (C=O) groups is 1. The molecule has 0 bridgehead atoms. The highest BCUT2D eigenvalue weighted by Gasteiger charge is 2.33. The SMILES string of the molecule is O=C(c1cccc(S(=O)(=O)NCc2ccco2)c1)N1CCC[C@H]1c1nc2ccccc2s1. The first-order valence-corrected chi connectivity index (χ1v) is 12.6. The van der Waals surface area contributed by atoms with Crippen molar-refractivity contribution in [1.29, 1.82) is 0 Å². The van der Waals surface area contributed by atoms with Gasteiger partial charge in [0.1, 0.15) is 10.8 Å². The van der Waals surface area contributed by atoms with E-state index in [2.05, 4.69) is 4.72 Å². The number of thiazole rings is 1. The lowest BCUT2D eigenvalue weighted by atomic mass is 10.1. The molecule has 32 heavy (non-hydrogen) atoms. The Hall–Kier alpha value is -3.01. The molecule has 9 heteroatoms. The molecule has 2 aromatic heterocycles. The van der Waals surface area contributed by atoms with Crippen LogP contribution < -0.4 is 4.72 Å². The van der Waals surface area contributed by atoms with E-state index in [1.54, 1.807) is 40.5 Å². The Morgan fingerprint density at radius 3 is 2.84 bits per heavy atom. The predicted octanol–water partition coefficient (Wildman–Crippen LogP) is 4.35. The van der Waals surface area contributed by atoms with Crippen LogP contribution in [-0.4, -0.2) is 30.8 Å². The lowest BCUT2D eigenvalue weighted by Crippen LogP contribution is -2.31. The Balaban J connectivity index is 1.38.